The van der Waals surface area contributed by atoms with Crippen LogP contribution in [0.5, 0.6) is 28.9 Å². The molecule has 2 aromatic carbocycles. The molecular weight excluding hydrogens is 418 g/mol. The van der Waals surface area contributed by atoms with Gasteiger partial charge in [0, 0.05) is 30.2 Å². The first-order chi connectivity index (χ1) is 15.0. The smallest absolute Gasteiger partial charge is 0.252 e. The molecule has 0 radical (unpaired) electrons. The average Bonchev–Trinajstić information content (AvgIpc) is 2.79. The minimum absolute atomic E-state index is 0.111. The van der Waals surface area contributed by atoms with Gasteiger partial charge in [-0.1, -0.05) is 29.5 Å². The normalized spacial score (nSPS) is 10.3. The number of ether oxygens (including phenoxy) is 4. The molecule has 1 amide bonds. The van der Waals surface area contributed by atoms with Gasteiger partial charge in [0.25, 0.3) is 5.88 Å². The minimum atomic E-state index is -0.230. The van der Waals surface area contributed by atoms with E-state index in [9.17, 15) is 4.79 Å². The summed E-state index contributed by atoms with van der Waals surface area (Å²) >= 11 is 1.23. The summed E-state index contributed by atoms with van der Waals surface area (Å²) in [6, 6.07) is 10.9. The van der Waals surface area contributed by atoms with Gasteiger partial charge in [-0.25, -0.2) is 9.97 Å². The van der Waals surface area contributed by atoms with Crippen molar-refractivity contribution in [2.75, 3.05) is 32.4 Å². The molecule has 0 unspecified atom stereocenters. The van der Waals surface area contributed by atoms with Crippen molar-refractivity contribution in [3.05, 3.63) is 54.4 Å². The maximum atomic E-state index is 12.5. The van der Waals surface area contributed by atoms with Gasteiger partial charge in [-0.3, -0.25) is 4.79 Å². The van der Waals surface area contributed by atoms with Crippen LogP contribution in [-0.2, 0) is 4.79 Å². The highest BCUT2D eigenvalue weighted by Gasteiger charge is 2.16. The monoisotopic (exact) mass is 441 g/mol. The number of carbonyl (C=O) groups is 1. The Balaban J connectivity index is 1.67. The Labute approximate surface area is 184 Å². The Kier molecular flexibility index (Phi) is 7.55. The van der Waals surface area contributed by atoms with Crippen LogP contribution in [0.25, 0.3) is 0 Å². The quantitative estimate of drug-likeness (QED) is 0.491. The summed E-state index contributed by atoms with van der Waals surface area (Å²) < 4.78 is 21.8. The molecular formula is C22H23N3O5S. The molecule has 1 heterocycles. The van der Waals surface area contributed by atoms with E-state index in [0.29, 0.717) is 39.6 Å². The molecule has 8 nitrogen and oxygen atoms in total. The second kappa shape index (κ2) is 10.5. The number of amides is 1. The van der Waals surface area contributed by atoms with Gasteiger partial charge >= 0.3 is 0 Å². The standard InChI is InChI=1S/C22H23N3O5S/c1-14-5-7-16(8-6-14)30-21-22(24-10-9-23-21)31-13-19(26)25-15-11-17(27-2)20(29-4)18(12-15)28-3/h5-12H,13H2,1-4H3,(H,25,26). The van der Waals surface area contributed by atoms with Gasteiger partial charge in [-0.15, -0.1) is 0 Å². The third kappa shape index (κ3) is 5.79. The van der Waals surface area contributed by atoms with Gasteiger partial charge in [-0.05, 0) is 19.1 Å². The molecule has 0 atom stereocenters. The first-order valence-electron chi connectivity index (χ1n) is 9.32. The minimum Gasteiger partial charge on any atom is -0.493 e. The van der Waals surface area contributed by atoms with E-state index >= 15 is 0 Å². The molecule has 1 aromatic heterocycles. The molecule has 0 bridgehead atoms. The van der Waals surface area contributed by atoms with Crippen molar-refractivity contribution < 1.29 is 23.7 Å². The van der Waals surface area contributed by atoms with Crippen molar-refractivity contribution in [3.63, 3.8) is 0 Å². The lowest BCUT2D eigenvalue weighted by Gasteiger charge is -2.14. The summed E-state index contributed by atoms with van der Waals surface area (Å²) in [6.07, 6.45) is 3.10. The number of rotatable bonds is 9. The summed E-state index contributed by atoms with van der Waals surface area (Å²) in [7, 11) is 4.55. The van der Waals surface area contributed by atoms with Gasteiger partial charge in [0.05, 0.1) is 27.1 Å². The molecule has 0 spiro atoms. The van der Waals surface area contributed by atoms with Gasteiger partial charge in [0.2, 0.25) is 11.7 Å². The molecule has 0 fully saturated rings. The van der Waals surface area contributed by atoms with E-state index in [0.717, 1.165) is 5.56 Å². The van der Waals surface area contributed by atoms with E-state index in [1.807, 2.05) is 31.2 Å². The van der Waals surface area contributed by atoms with E-state index in [1.54, 1.807) is 24.5 Å². The summed E-state index contributed by atoms with van der Waals surface area (Å²) in [5, 5.41) is 3.34. The van der Waals surface area contributed by atoms with Crippen LogP contribution in [-0.4, -0.2) is 43.0 Å². The lowest BCUT2D eigenvalue weighted by molar-refractivity contribution is -0.113. The van der Waals surface area contributed by atoms with Gasteiger partial charge in [0.15, 0.2) is 16.5 Å². The average molecular weight is 442 g/mol. The van der Waals surface area contributed by atoms with Gasteiger partial charge in [-0.2, -0.15) is 0 Å². The van der Waals surface area contributed by atoms with Crippen LogP contribution in [0.3, 0.4) is 0 Å². The largest absolute Gasteiger partial charge is 0.493 e. The molecule has 0 aliphatic rings. The van der Waals surface area contributed by atoms with Gasteiger partial charge < -0.3 is 24.3 Å². The predicted molar refractivity (Wildman–Crippen MR) is 119 cm³/mol. The zero-order chi connectivity index (χ0) is 22.2. The Hall–Kier alpha value is -3.46. The fourth-order valence-corrected chi connectivity index (χ4v) is 3.38. The summed E-state index contributed by atoms with van der Waals surface area (Å²) in [5.74, 6) is 2.23. The van der Waals surface area contributed by atoms with Gasteiger partial charge in [0.1, 0.15) is 5.75 Å². The number of nitrogens with one attached hydrogen (secondary N) is 1. The Morgan fingerprint density at radius 2 is 1.61 bits per heavy atom. The van der Waals surface area contributed by atoms with Crippen LogP contribution in [0.4, 0.5) is 5.69 Å². The highest BCUT2D eigenvalue weighted by Crippen LogP contribution is 2.40. The number of aromatic nitrogens is 2. The molecule has 0 aliphatic heterocycles. The van der Waals surface area contributed by atoms with Crippen molar-refractivity contribution in [1.82, 2.24) is 9.97 Å². The van der Waals surface area contributed by atoms with Crippen LogP contribution < -0.4 is 24.3 Å². The van der Waals surface area contributed by atoms with Crippen LogP contribution in [0, 0.1) is 6.92 Å². The van der Waals surface area contributed by atoms with Crippen LogP contribution in [0.1, 0.15) is 5.56 Å². The molecule has 0 saturated carbocycles. The number of hydrogen-bond acceptors (Lipinski definition) is 8. The van der Waals surface area contributed by atoms with E-state index in [1.165, 1.54) is 33.1 Å². The maximum Gasteiger partial charge on any atom is 0.252 e. The lowest BCUT2D eigenvalue weighted by Crippen LogP contribution is -2.14. The van der Waals surface area contributed by atoms with E-state index in [4.69, 9.17) is 18.9 Å². The molecule has 31 heavy (non-hydrogen) atoms. The number of nitrogens with zero attached hydrogens (tertiary/aromatic N) is 2. The highest BCUT2D eigenvalue weighted by atomic mass is 32.2. The van der Waals surface area contributed by atoms with E-state index < -0.39 is 0 Å². The summed E-state index contributed by atoms with van der Waals surface area (Å²) in [6.45, 7) is 2.00. The van der Waals surface area contributed by atoms with Crippen molar-refractivity contribution in [2.45, 2.75) is 11.9 Å². The molecule has 3 aromatic rings. The Morgan fingerprint density at radius 3 is 2.23 bits per heavy atom. The third-order valence-corrected chi connectivity index (χ3v) is 5.12. The second-order valence-electron chi connectivity index (χ2n) is 6.33. The number of benzene rings is 2. The molecule has 0 saturated heterocycles. The van der Waals surface area contributed by atoms with Crippen molar-refractivity contribution in [3.8, 4) is 28.9 Å². The zero-order valence-corrected chi connectivity index (χ0v) is 18.5. The molecule has 0 aliphatic carbocycles. The maximum absolute atomic E-state index is 12.5. The number of anilines is 1. The first-order valence-corrected chi connectivity index (χ1v) is 10.3. The van der Waals surface area contributed by atoms with E-state index in [2.05, 4.69) is 15.3 Å². The first kappa shape index (κ1) is 22.2. The number of aryl methyl sites for hydroxylation is 1. The highest BCUT2D eigenvalue weighted by molar-refractivity contribution is 8.00. The van der Waals surface area contributed by atoms with Crippen molar-refractivity contribution in [2.24, 2.45) is 0 Å². The van der Waals surface area contributed by atoms with Crippen LogP contribution >= 0.6 is 11.8 Å². The third-order valence-electron chi connectivity index (χ3n) is 4.16. The number of thioether (sulfide) groups is 1. The fraction of sp³-hybridized carbons (Fsp3) is 0.227. The second-order valence-corrected chi connectivity index (χ2v) is 7.30. The topological polar surface area (TPSA) is 91.8 Å². The molecule has 1 N–H and O–H groups in total. The van der Waals surface area contributed by atoms with Crippen molar-refractivity contribution >= 4 is 23.4 Å². The Bertz CT molecular complexity index is 1020. The SMILES string of the molecule is COc1cc(NC(=O)CSc2nccnc2Oc2ccc(C)cc2)cc(OC)c1OC. The number of hydrogen-bond donors (Lipinski definition) is 1. The summed E-state index contributed by atoms with van der Waals surface area (Å²) in [4.78, 5) is 21.0. The molecule has 162 valence electrons. The predicted octanol–water partition coefficient (Wildman–Crippen LogP) is 4.33. The molecule has 9 heteroatoms. The zero-order valence-electron chi connectivity index (χ0n) is 17.7. The lowest BCUT2D eigenvalue weighted by atomic mass is 10.2. The van der Waals surface area contributed by atoms with Crippen LogP contribution in [0.2, 0.25) is 0 Å². The number of carbonyl (C=O) groups excluding carboxylic acids is 1. The molecule has 3 rings (SSSR count). The fourth-order valence-electron chi connectivity index (χ4n) is 2.68. The van der Waals surface area contributed by atoms with Crippen molar-refractivity contribution in [1.29, 1.82) is 0 Å². The number of methoxy groups -OCH3 is 3. The van der Waals surface area contributed by atoms with E-state index in [-0.39, 0.29) is 11.7 Å². The Morgan fingerprint density at radius 1 is 0.968 bits per heavy atom. The van der Waals surface area contributed by atoms with Crippen LogP contribution in [0.15, 0.2) is 53.8 Å². The summed E-state index contributed by atoms with van der Waals surface area (Å²) in [5.41, 5.74) is 1.65.